The highest BCUT2D eigenvalue weighted by molar-refractivity contribution is 5.33. The Morgan fingerprint density at radius 3 is 2.78 bits per heavy atom. The van der Waals surface area contributed by atoms with Crippen molar-refractivity contribution in [2.24, 2.45) is 0 Å². The first-order chi connectivity index (χ1) is 11.1. The van der Waals surface area contributed by atoms with Gasteiger partial charge in [-0.3, -0.25) is 4.90 Å². The Kier molecular flexibility index (Phi) is 4.59. The van der Waals surface area contributed by atoms with Crippen LogP contribution in [0.2, 0.25) is 0 Å². The lowest BCUT2D eigenvalue weighted by molar-refractivity contribution is 0.107. The Labute approximate surface area is 137 Å². The largest absolute Gasteiger partial charge is 0.394 e. The third-order valence-corrected chi connectivity index (χ3v) is 4.36. The predicted molar refractivity (Wildman–Crippen MR) is 91.5 cm³/mol. The van der Waals surface area contributed by atoms with Crippen LogP contribution in [0, 0.1) is 6.92 Å². The molecule has 1 aromatic carbocycles. The minimum Gasteiger partial charge on any atom is -0.394 e. The summed E-state index contributed by atoms with van der Waals surface area (Å²) in [6, 6.07) is 10.5. The second kappa shape index (κ2) is 6.64. The summed E-state index contributed by atoms with van der Waals surface area (Å²) < 4.78 is 0. The van der Waals surface area contributed by atoms with Gasteiger partial charge in [-0.05, 0) is 30.5 Å². The molecule has 1 aliphatic heterocycles. The molecule has 0 radical (unpaired) electrons. The summed E-state index contributed by atoms with van der Waals surface area (Å²) in [5, 5.41) is 9.90. The van der Waals surface area contributed by atoms with Crippen LogP contribution in [0.4, 0.5) is 5.95 Å². The van der Waals surface area contributed by atoms with Crippen LogP contribution in [0.15, 0.2) is 30.3 Å². The van der Waals surface area contributed by atoms with E-state index in [4.69, 9.17) is 0 Å². The highest BCUT2D eigenvalue weighted by Crippen LogP contribution is 2.30. The molecule has 0 bridgehead atoms. The van der Waals surface area contributed by atoms with Crippen molar-refractivity contribution >= 4 is 5.95 Å². The third-order valence-electron chi connectivity index (χ3n) is 4.36. The van der Waals surface area contributed by atoms with Crippen LogP contribution < -0.4 is 4.90 Å². The summed E-state index contributed by atoms with van der Waals surface area (Å²) >= 11 is 0. The van der Waals surface area contributed by atoms with E-state index in [2.05, 4.69) is 33.1 Å². The second-order valence-corrected chi connectivity index (χ2v) is 6.31. The molecule has 0 saturated carbocycles. The number of rotatable bonds is 4. The number of aliphatic hydroxyl groups is 1. The van der Waals surface area contributed by atoms with Crippen molar-refractivity contribution in [3.05, 3.63) is 52.8 Å². The van der Waals surface area contributed by atoms with Gasteiger partial charge in [-0.1, -0.05) is 24.3 Å². The number of aryl methyl sites for hydroxylation is 1. The van der Waals surface area contributed by atoms with E-state index in [1.54, 1.807) is 0 Å². The monoisotopic (exact) mass is 312 g/mol. The summed E-state index contributed by atoms with van der Waals surface area (Å²) in [4.78, 5) is 13.3. The van der Waals surface area contributed by atoms with Crippen molar-refractivity contribution in [3.8, 4) is 0 Å². The molecule has 2 aromatic rings. The summed E-state index contributed by atoms with van der Waals surface area (Å²) in [5.74, 6) is 0.734. The van der Waals surface area contributed by atoms with Crippen molar-refractivity contribution in [2.75, 3.05) is 32.1 Å². The van der Waals surface area contributed by atoms with Gasteiger partial charge in [0.25, 0.3) is 0 Å². The van der Waals surface area contributed by atoms with Gasteiger partial charge in [0.15, 0.2) is 0 Å². The van der Waals surface area contributed by atoms with Crippen molar-refractivity contribution < 1.29 is 5.11 Å². The number of benzene rings is 1. The first kappa shape index (κ1) is 15.9. The lowest BCUT2D eigenvalue weighted by atomic mass is 9.93. The molecule has 1 atom stereocenters. The Morgan fingerprint density at radius 2 is 2.04 bits per heavy atom. The zero-order valence-electron chi connectivity index (χ0n) is 14.0. The van der Waals surface area contributed by atoms with E-state index >= 15 is 0 Å². The van der Waals surface area contributed by atoms with Crippen molar-refractivity contribution in [1.29, 1.82) is 0 Å². The van der Waals surface area contributed by atoms with Gasteiger partial charge in [0.05, 0.1) is 18.3 Å². The van der Waals surface area contributed by atoms with E-state index < -0.39 is 0 Å². The molecule has 1 N–H and O–H groups in total. The Bertz CT molecular complexity index is 686. The molecule has 0 unspecified atom stereocenters. The van der Waals surface area contributed by atoms with Crippen molar-refractivity contribution in [2.45, 2.75) is 25.9 Å². The van der Waals surface area contributed by atoms with Gasteiger partial charge in [-0.2, -0.15) is 0 Å². The fourth-order valence-electron chi connectivity index (χ4n) is 3.21. The van der Waals surface area contributed by atoms with Gasteiger partial charge in [-0.25, -0.2) is 9.97 Å². The molecule has 5 nitrogen and oxygen atoms in total. The van der Waals surface area contributed by atoms with Crippen LogP contribution in [0.5, 0.6) is 0 Å². The molecule has 5 heteroatoms. The topological polar surface area (TPSA) is 52.5 Å². The number of aromatic nitrogens is 2. The number of fused-ring (bicyclic) bond motifs is 1. The molecule has 2 heterocycles. The van der Waals surface area contributed by atoms with Crippen molar-refractivity contribution in [1.82, 2.24) is 14.9 Å². The van der Waals surface area contributed by atoms with Crippen molar-refractivity contribution in [3.63, 3.8) is 0 Å². The molecule has 0 aliphatic carbocycles. The highest BCUT2D eigenvalue weighted by atomic mass is 16.3. The number of hydrogen-bond acceptors (Lipinski definition) is 5. The molecule has 1 aromatic heterocycles. The summed E-state index contributed by atoms with van der Waals surface area (Å²) in [6.07, 6.45) is 1.01. The summed E-state index contributed by atoms with van der Waals surface area (Å²) in [7, 11) is 3.90. The number of nitrogens with zero attached hydrogens (tertiary/aromatic N) is 4. The maximum Gasteiger partial charge on any atom is 0.225 e. The van der Waals surface area contributed by atoms with Gasteiger partial charge in [0.1, 0.15) is 0 Å². The number of aliphatic hydroxyl groups excluding tert-OH is 1. The van der Waals surface area contributed by atoms with Gasteiger partial charge in [0, 0.05) is 32.9 Å². The van der Waals surface area contributed by atoms with Crippen LogP contribution in [0.1, 0.15) is 28.6 Å². The van der Waals surface area contributed by atoms with E-state index in [0.717, 1.165) is 36.8 Å². The standard InChI is InChI=1S/C18H24N4O/c1-13-10-15(20-18(19-13)21(2)3)11-22-9-8-14-6-4-5-7-16(14)17(22)12-23/h4-7,10,17,23H,8-9,11-12H2,1-3H3/t17-/m0/s1. The quantitative estimate of drug-likeness (QED) is 0.935. The minimum atomic E-state index is 0.0398. The SMILES string of the molecule is Cc1cc(CN2CCc3ccccc3[C@@H]2CO)nc(N(C)C)n1. The van der Waals surface area contributed by atoms with E-state index in [0.29, 0.717) is 0 Å². The molecule has 23 heavy (non-hydrogen) atoms. The van der Waals surface area contributed by atoms with Gasteiger partial charge in [-0.15, -0.1) is 0 Å². The highest BCUT2D eigenvalue weighted by Gasteiger charge is 2.26. The normalized spacial score (nSPS) is 17.8. The molecule has 0 spiro atoms. The van der Waals surface area contributed by atoms with Crippen LogP contribution in [-0.4, -0.2) is 47.2 Å². The molecule has 0 amide bonds. The summed E-state index contributed by atoms with van der Waals surface area (Å²) in [6.45, 7) is 3.78. The lowest BCUT2D eigenvalue weighted by Gasteiger charge is -2.36. The molecular formula is C18H24N4O. The minimum absolute atomic E-state index is 0.0398. The van der Waals surface area contributed by atoms with Gasteiger partial charge in [0.2, 0.25) is 5.95 Å². The van der Waals surface area contributed by atoms with Gasteiger partial charge < -0.3 is 10.0 Å². The lowest BCUT2D eigenvalue weighted by Crippen LogP contribution is -2.37. The summed E-state index contributed by atoms with van der Waals surface area (Å²) in [5.41, 5.74) is 4.55. The zero-order valence-corrected chi connectivity index (χ0v) is 14.0. The number of anilines is 1. The number of hydrogen-bond donors (Lipinski definition) is 1. The average molecular weight is 312 g/mol. The van der Waals surface area contributed by atoms with Gasteiger partial charge >= 0.3 is 0 Å². The average Bonchev–Trinajstić information content (AvgIpc) is 2.54. The third kappa shape index (κ3) is 3.35. The van der Waals surface area contributed by atoms with Crippen LogP contribution in [0.3, 0.4) is 0 Å². The van der Waals surface area contributed by atoms with E-state index in [1.165, 1.54) is 11.1 Å². The maximum absolute atomic E-state index is 9.90. The molecule has 0 fully saturated rings. The molecule has 3 rings (SSSR count). The molecule has 0 saturated heterocycles. The van der Waals surface area contributed by atoms with E-state index in [1.807, 2.05) is 38.1 Å². The van der Waals surface area contributed by atoms with Crippen LogP contribution in [-0.2, 0) is 13.0 Å². The molecule has 1 aliphatic rings. The Balaban J connectivity index is 1.86. The molecular weight excluding hydrogens is 288 g/mol. The zero-order chi connectivity index (χ0) is 16.4. The Morgan fingerprint density at radius 1 is 1.26 bits per heavy atom. The fraction of sp³-hybridized carbons (Fsp3) is 0.444. The van der Waals surface area contributed by atoms with Crippen LogP contribution >= 0.6 is 0 Å². The molecule has 122 valence electrons. The first-order valence-corrected chi connectivity index (χ1v) is 8.03. The van der Waals surface area contributed by atoms with E-state index in [9.17, 15) is 5.11 Å². The smallest absolute Gasteiger partial charge is 0.225 e. The second-order valence-electron chi connectivity index (χ2n) is 6.31. The van der Waals surface area contributed by atoms with E-state index in [-0.39, 0.29) is 12.6 Å². The van der Waals surface area contributed by atoms with Crippen LogP contribution in [0.25, 0.3) is 0 Å². The fourth-order valence-corrected chi connectivity index (χ4v) is 3.21. The predicted octanol–water partition coefficient (Wildman–Crippen LogP) is 1.94. The first-order valence-electron chi connectivity index (χ1n) is 8.03. The Hall–Kier alpha value is -1.98. The maximum atomic E-state index is 9.90.